The van der Waals surface area contributed by atoms with E-state index in [1.165, 1.54) is 17.2 Å². The highest BCUT2D eigenvalue weighted by Crippen LogP contribution is 2.22. The molecule has 2 aromatic rings. The number of phenols is 2. The maximum absolute atomic E-state index is 9.69. The molecule has 2 aromatic carbocycles. The molecule has 0 saturated carbocycles. The van der Waals surface area contributed by atoms with Gasteiger partial charge in [0, 0.05) is 24.7 Å². The minimum atomic E-state index is 0.0811. The van der Waals surface area contributed by atoms with Gasteiger partial charge in [-0.15, -0.1) is 0 Å². The van der Waals surface area contributed by atoms with Crippen molar-refractivity contribution in [2.75, 3.05) is 0 Å². The zero-order valence-corrected chi connectivity index (χ0v) is 11.1. The van der Waals surface area contributed by atoms with Crippen LogP contribution in [0.2, 0.25) is 0 Å². The molecule has 0 aromatic heterocycles. The van der Waals surface area contributed by atoms with Gasteiger partial charge in [0.25, 0.3) is 0 Å². The summed E-state index contributed by atoms with van der Waals surface area (Å²) in [7, 11) is 0. The molecule has 3 N–H and O–H groups in total. The average molecular weight is 257 g/mol. The van der Waals surface area contributed by atoms with Crippen molar-refractivity contribution in [1.82, 2.24) is 5.32 Å². The van der Waals surface area contributed by atoms with Gasteiger partial charge in [-0.2, -0.15) is 0 Å². The van der Waals surface area contributed by atoms with E-state index < -0.39 is 0 Å². The van der Waals surface area contributed by atoms with E-state index in [4.69, 9.17) is 0 Å². The van der Waals surface area contributed by atoms with E-state index in [-0.39, 0.29) is 11.5 Å². The molecule has 0 heterocycles. The Morgan fingerprint density at radius 3 is 2.26 bits per heavy atom. The van der Waals surface area contributed by atoms with Crippen LogP contribution >= 0.6 is 0 Å². The predicted molar refractivity (Wildman–Crippen MR) is 76.1 cm³/mol. The number of nitrogens with one attached hydrogen (secondary N) is 1. The van der Waals surface area contributed by atoms with E-state index in [1.54, 1.807) is 12.1 Å². The van der Waals surface area contributed by atoms with Crippen LogP contribution in [0.3, 0.4) is 0 Å². The van der Waals surface area contributed by atoms with Crippen molar-refractivity contribution in [1.29, 1.82) is 0 Å². The molecule has 0 aliphatic carbocycles. The van der Waals surface area contributed by atoms with Crippen LogP contribution in [-0.2, 0) is 19.5 Å². The first-order valence-corrected chi connectivity index (χ1v) is 6.49. The SMILES string of the molecule is CCc1ccccc1CNCc1ccc(O)cc1O. The summed E-state index contributed by atoms with van der Waals surface area (Å²) in [6, 6.07) is 13.0. The van der Waals surface area contributed by atoms with Crippen LogP contribution in [0, 0.1) is 0 Å². The first kappa shape index (κ1) is 13.4. The summed E-state index contributed by atoms with van der Waals surface area (Å²) in [6.45, 7) is 3.49. The fraction of sp³-hybridized carbons (Fsp3) is 0.250. The summed E-state index contributed by atoms with van der Waals surface area (Å²) < 4.78 is 0. The quantitative estimate of drug-likeness (QED) is 0.772. The normalized spacial score (nSPS) is 10.6. The highest BCUT2D eigenvalue weighted by atomic mass is 16.3. The average Bonchev–Trinajstić information content (AvgIpc) is 2.42. The fourth-order valence-corrected chi connectivity index (χ4v) is 2.11. The van der Waals surface area contributed by atoms with Gasteiger partial charge in [0.15, 0.2) is 0 Å². The minimum Gasteiger partial charge on any atom is -0.508 e. The number of hydrogen-bond donors (Lipinski definition) is 3. The second-order valence-corrected chi connectivity index (χ2v) is 4.54. The van der Waals surface area contributed by atoms with Gasteiger partial charge >= 0.3 is 0 Å². The monoisotopic (exact) mass is 257 g/mol. The molecule has 3 nitrogen and oxygen atoms in total. The number of benzene rings is 2. The largest absolute Gasteiger partial charge is 0.508 e. The van der Waals surface area contributed by atoms with E-state index >= 15 is 0 Å². The van der Waals surface area contributed by atoms with Crippen LogP contribution in [0.15, 0.2) is 42.5 Å². The standard InChI is InChI=1S/C16H19NO2/c1-2-12-5-3-4-6-13(12)10-17-11-14-7-8-15(18)9-16(14)19/h3-9,17-19H,2,10-11H2,1H3. The lowest BCUT2D eigenvalue weighted by molar-refractivity contribution is 0.443. The Labute approximate surface area is 113 Å². The summed E-state index contributed by atoms with van der Waals surface area (Å²) in [5.74, 6) is 0.203. The van der Waals surface area contributed by atoms with Crippen molar-refractivity contribution in [3.05, 3.63) is 59.2 Å². The van der Waals surface area contributed by atoms with E-state index in [1.807, 2.05) is 12.1 Å². The Morgan fingerprint density at radius 1 is 0.895 bits per heavy atom. The molecule has 0 fully saturated rings. The lowest BCUT2D eigenvalue weighted by Gasteiger charge is -2.10. The second-order valence-electron chi connectivity index (χ2n) is 4.54. The third-order valence-electron chi connectivity index (χ3n) is 3.20. The maximum atomic E-state index is 9.69. The molecule has 0 atom stereocenters. The molecule has 2 rings (SSSR count). The highest BCUT2D eigenvalue weighted by Gasteiger charge is 2.03. The number of aromatic hydroxyl groups is 2. The Morgan fingerprint density at radius 2 is 1.58 bits per heavy atom. The van der Waals surface area contributed by atoms with Crippen LogP contribution in [-0.4, -0.2) is 10.2 Å². The van der Waals surface area contributed by atoms with Gasteiger partial charge in [-0.25, -0.2) is 0 Å². The molecule has 19 heavy (non-hydrogen) atoms. The van der Waals surface area contributed by atoms with Gasteiger partial charge in [-0.3, -0.25) is 0 Å². The van der Waals surface area contributed by atoms with Crippen molar-refractivity contribution in [2.45, 2.75) is 26.4 Å². The van der Waals surface area contributed by atoms with E-state index in [0.29, 0.717) is 6.54 Å². The number of aryl methyl sites for hydroxylation is 1. The van der Waals surface area contributed by atoms with Crippen LogP contribution in [0.4, 0.5) is 0 Å². The molecule has 0 unspecified atom stereocenters. The molecule has 0 amide bonds. The summed E-state index contributed by atoms with van der Waals surface area (Å²) in [6.07, 6.45) is 1.02. The molecule has 0 aliphatic heterocycles. The summed E-state index contributed by atoms with van der Waals surface area (Å²) >= 11 is 0. The van der Waals surface area contributed by atoms with Gasteiger partial charge in [0.2, 0.25) is 0 Å². The van der Waals surface area contributed by atoms with Crippen LogP contribution in [0.25, 0.3) is 0 Å². The van der Waals surface area contributed by atoms with Crippen molar-refractivity contribution < 1.29 is 10.2 Å². The molecule has 0 spiro atoms. The molecular formula is C16H19NO2. The Hall–Kier alpha value is -2.00. The third kappa shape index (κ3) is 3.48. The van der Waals surface area contributed by atoms with Crippen molar-refractivity contribution >= 4 is 0 Å². The molecule has 0 saturated heterocycles. The number of rotatable bonds is 5. The molecular weight excluding hydrogens is 238 g/mol. The van der Waals surface area contributed by atoms with E-state index in [0.717, 1.165) is 18.5 Å². The lowest BCUT2D eigenvalue weighted by atomic mass is 10.1. The third-order valence-corrected chi connectivity index (χ3v) is 3.20. The lowest BCUT2D eigenvalue weighted by Crippen LogP contribution is -2.14. The molecule has 0 radical (unpaired) electrons. The van der Waals surface area contributed by atoms with Crippen LogP contribution < -0.4 is 5.32 Å². The first-order chi connectivity index (χ1) is 9.20. The minimum absolute atomic E-state index is 0.0811. The van der Waals surface area contributed by atoms with Crippen molar-refractivity contribution in [3.63, 3.8) is 0 Å². The first-order valence-electron chi connectivity index (χ1n) is 6.49. The molecule has 0 aliphatic rings. The smallest absolute Gasteiger partial charge is 0.123 e. The van der Waals surface area contributed by atoms with Crippen molar-refractivity contribution in [3.8, 4) is 11.5 Å². The van der Waals surface area contributed by atoms with Crippen LogP contribution in [0.5, 0.6) is 11.5 Å². The molecule has 0 bridgehead atoms. The topological polar surface area (TPSA) is 52.5 Å². The Balaban J connectivity index is 1.96. The van der Waals surface area contributed by atoms with Gasteiger partial charge < -0.3 is 15.5 Å². The van der Waals surface area contributed by atoms with E-state index in [9.17, 15) is 10.2 Å². The van der Waals surface area contributed by atoms with Crippen LogP contribution in [0.1, 0.15) is 23.6 Å². The van der Waals surface area contributed by atoms with Gasteiger partial charge in [0.05, 0.1) is 0 Å². The second kappa shape index (κ2) is 6.25. The maximum Gasteiger partial charge on any atom is 0.123 e. The summed E-state index contributed by atoms with van der Waals surface area (Å²) in [5.41, 5.74) is 3.40. The number of hydrogen-bond acceptors (Lipinski definition) is 3. The Bertz CT molecular complexity index is 552. The van der Waals surface area contributed by atoms with Crippen molar-refractivity contribution in [2.24, 2.45) is 0 Å². The molecule has 3 heteroatoms. The van der Waals surface area contributed by atoms with Gasteiger partial charge in [-0.1, -0.05) is 37.3 Å². The van der Waals surface area contributed by atoms with Gasteiger partial charge in [0.1, 0.15) is 11.5 Å². The Kier molecular flexibility index (Phi) is 4.42. The fourth-order valence-electron chi connectivity index (χ4n) is 2.11. The zero-order valence-electron chi connectivity index (χ0n) is 11.1. The molecule has 100 valence electrons. The highest BCUT2D eigenvalue weighted by molar-refractivity contribution is 5.38. The van der Waals surface area contributed by atoms with E-state index in [2.05, 4.69) is 24.4 Å². The summed E-state index contributed by atoms with van der Waals surface area (Å²) in [4.78, 5) is 0. The number of phenolic OH excluding ortho intramolecular Hbond substituents is 2. The summed E-state index contributed by atoms with van der Waals surface area (Å²) in [5, 5.41) is 22.2. The predicted octanol–water partition coefficient (Wildman–Crippen LogP) is 2.95. The zero-order chi connectivity index (χ0) is 13.7. The van der Waals surface area contributed by atoms with Gasteiger partial charge in [-0.05, 0) is 23.6 Å².